The molecule has 254 valence electrons. The number of ether oxygens (including phenoxy) is 1. The second-order valence-electron chi connectivity index (χ2n) is 12.4. The second kappa shape index (κ2) is 35.4. The van der Waals surface area contributed by atoms with E-state index < -0.39 is 5.97 Å². The summed E-state index contributed by atoms with van der Waals surface area (Å²) < 4.78 is 5.75. The second-order valence-corrected chi connectivity index (χ2v) is 12.4. The van der Waals surface area contributed by atoms with Gasteiger partial charge in [-0.1, -0.05) is 146 Å². The number of carboxylic acids is 1. The lowest BCUT2D eigenvalue weighted by atomic mass is 10.0. The Balaban J connectivity index is 3.54. The lowest BCUT2D eigenvalue weighted by Gasteiger charge is -2.16. The molecule has 0 heterocycles. The van der Waals surface area contributed by atoms with Gasteiger partial charge in [-0.3, -0.25) is 9.59 Å². The van der Waals surface area contributed by atoms with Crippen molar-refractivity contribution in [1.82, 2.24) is 0 Å². The van der Waals surface area contributed by atoms with Gasteiger partial charge in [-0.05, 0) is 77.0 Å². The summed E-state index contributed by atoms with van der Waals surface area (Å²) >= 11 is 0. The average molecular weight is 615 g/mol. The molecule has 0 radical (unpaired) electrons. The molecule has 4 nitrogen and oxygen atoms in total. The Morgan fingerprint density at radius 2 is 0.932 bits per heavy atom. The van der Waals surface area contributed by atoms with E-state index in [1.54, 1.807) is 0 Å². The number of allylic oxidation sites excluding steroid dienone is 8. The summed E-state index contributed by atoms with van der Waals surface area (Å²) in [7, 11) is 0. The number of aliphatic carboxylic acids is 1. The normalized spacial score (nSPS) is 12.8. The van der Waals surface area contributed by atoms with Gasteiger partial charge in [0.1, 0.15) is 6.10 Å². The van der Waals surface area contributed by atoms with E-state index >= 15 is 0 Å². The number of rotatable bonds is 33. The molecule has 1 N–H and O–H groups in total. The first-order valence-corrected chi connectivity index (χ1v) is 18.6. The fraction of sp³-hybridized carbons (Fsp3) is 0.750. The van der Waals surface area contributed by atoms with Crippen LogP contribution < -0.4 is 0 Å². The summed E-state index contributed by atoms with van der Waals surface area (Å²) in [5, 5.41) is 8.65. The van der Waals surface area contributed by atoms with Crippen LogP contribution in [-0.4, -0.2) is 23.1 Å². The molecule has 1 unspecified atom stereocenters. The lowest BCUT2D eigenvalue weighted by Crippen LogP contribution is -2.17. The van der Waals surface area contributed by atoms with Crippen LogP contribution in [0.5, 0.6) is 0 Å². The molecule has 0 aromatic heterocycles. The molecule has 0 saturated carbocycles. The third-order valence-electron chi connectivity index (χ3n) is 8.13. The fourth-order valence-corrected chi connectivity index (χ4v) is 5.28. The van der Waals surface area contributed by atoms with E-state index in [0.29, 0.717) is 12.8 Å². The number of hydrogen-bond donors (Lipinski definition) is 1. The van der Waals surface area contributed by atoms with Gasteiger partial charge in [0.2, 0.25) is 0 Å². The third-order valence-corrected chi connectivity index (χ3v) is 8.13. The average Bonchev–Trinajstić information content (AvgIpc) is 3.01. The van der Waals surface area contributed by atoms with Crippen LogP contribution in [0.2, 0.25) is 0 Å². The molecule has 0 aliphatic rings. The van der Waals surface area contributed by atoms with E-state index in [-0.39, 0.29) is 12.1 Å². The smallest absolute Gasteiger partial charge is 0.306 e. The third kappa shape index (κ3) is 34.4. The van der Waals surface area contributed by atoms with Crippen LogP contribution in [0.25, 0.3) is 0 Å². The van der Waals surface area contributed by atoms with Gasteiger partial charge >= 0.3 is 11.9 Å². The Kier molecular flexibility index (Phi) is 33.7. The van der Waals surface area contributed by atoms with Crippen molar-refractivity contribution in [2.45, 2.75) is 193 Å². The summed E-state index contributed by atoms with van der Waals surface area (Å²) in [5.41, 5.74) is 0. The molecule has 0 rings (SSSR count). The topological polar surface area (TPSA) is 63.6 Å². The van der Waals surface area contributed by atoms with Crippen LogP contribution in [-0.2, 0) is 14.3 Å². The Labute approximate surface area is 272 Å². The maximum absolute atomic E-state index is 12.3. The molecule has 0 amide bonds. The highest BCUT2D eigenvalue weighted by atomic mass is 16.5. The van der Waals surface area contributed by atoms with Crippen LogP contribution in [0, 0.1) is 0 Å². The summed E-state index contributed by atoms with van der Waals surface area (Å²) in [5.74, 6) is -0.692. The highest BCUT2D eigenvalue weighted by Gasteiger charge is 2.12. The van der Waals surface area contributed by atoms with E-state index in [0.717, 1.165) is 77.0 Å². The zero-order valence-electron chi connectivity index (χ0n) is 29.0. The van der Waals surface area contributed by atoms with Crippen molar-refractivity contribution in [3.63, 3.8) is 0 Å². The van der Waals surface area contributed by atoms with Crippen LogP contribution in [0.1, 0.15) is 187 Å². The first-order valence-electron chi connectivity index (χ1n) is 18.6. The van der Waals surface area contributed by atoms with Crippen molar-refractivity contribution in [2.24, 2.45) is 0 Å². The Morgan fingerprint density at radius 3 is 1.41 bits per heavy atom. The van der Waals surface area contributed by atoms with Crippen molar-refractivity contribution in [1.29, 1.82) is 0 Å². The quantitative estimate of drug-likeness (QED) is 0.0454. The number of esters is 1. The van der Waals surface area contributed by atoms with Crippen molar-refractivity contribution in [3.8, 4) is 0 Å². The van der Waals surface area contributed by atoms with Crippen molar-refractivity contribution in [2.75, 3.05) is 0 Å². The highest BCUT2D eigenvalue weighted by Crippen LogP contribution is 2.16. The maximum atomic E-state index is 12.3. The number of hydrogen-bond acceptors (Lipinski definition) is 3. The minimum atomic E-state index is -0.680. The van der Waals surface area contributed by atoms with Gasteiger partial charge in [-0.2, -0.15) is 0 Å². The summed E-state index contributed by atoms with van der Waals surface area (Å²) in [6.07, 6.45) is 47.8. The molecule has 44 heavy (non-hydrogen) atoms. The number of unbranched alkanes of at least 4 members (excludes halogenated alkanes) is 17. The van der Waals surface area contributed by atoms with Crippen molar-refractivity contribution < 1.29 is 19.4 Å². The van der Waals surface area contributed by atoms with Crippen LogP contribution >= 0.6 is 0 Å². The van der Waals surface area contributed by atoms with E-state index in [2.05, 4.69) is 62.5 Å². The number of carbonyl (C=O) groups is 2. The first-order chi connectivity index (χ1) is 21.6. The number of carbonyl (C=O) groups excluding carboxylic acids is 1. The maximum Gasteiger partial charge on any atom is 0.306 e. The van der Waals surface area contributed by atoms with Gasteiger partial charge in [0, 0.05) is 12.8 Å². The predicted octanol–water partition coefficient (Wildman–Crippen LogP) is 12.8. The molecule has 0 spiro atoms. The molecule has 0 aromatic rings. The molecule has 1 atom stereocenters. The number of carboxylic acid groups (broad SMARTS) is 1. The SMILES string of the molecule is CCCCC/C=C\C/C=C\C/C=C\C/C=C\CCCCCCCC(=O)OC(CC)CCCCCCCCCCCCC(=O)O. The lowest BCUT2D eigenvalue weighted by molar-refractivity contribution is -0.149. The van der Waals surface area contributed by atoms with Gasteiger partial charge in [0.25, 0.3) is 0 Å². The summed E-state index contributed by atoms with van der Waals surface area (Å²) in [6, 6.07) is 0. The van der Waals surface area contributed by atoms with E-state index in [9.17, 15) is 9.59 Å². The Hall–Kier alpha value is -2.10. The summed E-state index contributed by atoms with van der Waals surface area (Å²) in [6.45, 7) is 4.37. The highest BCUT2D eigenvalue weighted by molar-refractivity contribution is 5.69. The van der Waals surface area contributed by atoms with Gasteiger partial charge in [0.05, 0.1) is 0 Å². The molecule has 0 aromatic carbocycles. The largest absolute Gasteiger partial charge is 0.481 e. The summed E-state index contributed by atoms with van der Waals surface area (Å²) in [4.78, 5) is 22.8. The van der Waals surface area contributed by atoms with E-state index in [1.165, 1.54) is 83.5 Å². The Morgan fingerprint density at radius 1 is 0.523 bits per heavy atom. The zero-order valence-corrected chi connectivity index (χ0v) is 29.0. The molecule has 0 aliphatic carbocycles. The Bertz CT molecular complexity index is 748. The van der Waals surface area contributed by atoms with E-state index in [4.69, 9.17) is 9.84 Å². The van der Waals surface area contributed by atoms with Gasteiger partial charge in [0.15, 0.2) is 0 Å². The molecule has 0 bridgehead atoms. The van der Waals surface area contributed by atoms with Crippen LogP contribution in [0.15, 0.2) is 48.6 Å². The standard InChI is InChI=1S/C40H70O4/c1-3-5-6-7-8-9-10-11-12-13-14-15-16-17-18-19-20-25-28-31-34-37-40(43)44-38(4-2)35-32-29-26-23-21-22-24-27-30-33-36-39(41)42/h8-9,11-12,14-15,17-18,38H,3-7,10,13,16,19-37H2,1-2H3,(H,41,42)/b9-8-,12-11-,15-14-,18-17-. The predicted molar refractivity (Wildman–Crippen MR) is 190 cm³/mol. The van der Waals surface area contributed by atoms with Crippen molar-refractivity contribution >= 4 is 11.9 Å². The van der Waals surface area contributed by atoms with E-state index in [1.807, 2.05) is 0 Å². The fourth-order valence-electron chi connectivity index (χ4n) is 5.28. The van der Waals surface area contributed by atoms with Gasteiger partial charge < -0.3 is 9.84 Å². The van der Waals surface area contributed by atoms with Crippen molar-refractivity contribution in [3.05, 3.63) is 48.6 Å². The molecular formula is C40H70O4. The van der Waals surface area contributed by atoms with Gasteiger partial charge in [-0.15, -0.1) is 0 Å². The van der Waals surface area contributed by atoms with Crippen LogP contribution in [0.3, 0.4) is 0 Å². The minimum Gasteiger partial charge on any atom is -0.481 e. The molecule has 4 heteroatoms. The van der Waals surface area contributed by atoms with Gasteiger partial charge in [-0.25, -0.2) is 0 Å². The molecular weight excluding hydrogens is 544 g/mol. The minimum absolute atomic E-state index is 0.0127. The monoisotopic (exact) mass is 615 g/mol. The molecule has 0 aliphatic heterocycles. The zero-order chi connectivity index (χ0) is 32.2. The first kappa shape index (κ1) is 41.9. The van der Waals surface area contributed by atoms with Crippen LogP contribution in [0.4, 0.5) is 0 Å². The molecule has 0 fully saturated rings. The molecule has 0 saturated heterocycles.